The standard InChI is InChI=1S/C62H70N2O17/c1-34(2)28-43(63)44(67)29-38-24-26-39(27-25-38)32-75-58(73)79-51(49(40-18-12-9-13-19-40)64-55(70)41-20-14-10-15-21-41)57(72)78-45-31-62(74)54(80-56(71)42-22-16-11-17-23-42)52-60(8,46(68)30-47-61(52,33-76-47)81-37(5)66)53(69)50(77-36(4)65)48(35(45)3)59(62,6)7/h9-27,34,43,45-47,49-52,54,68,74H,28-33,63H2,1-8H3,(H,64,70)/t43-,45-,46-,47+,49-,50+,51+,52?,54-,60+,61-,62+/m0/s1. The molecule has 1 amide bonds. The van der Waals surface area contributed by atoms with Crippen molar-refractivity contribution in [1.29, 1.82) is 0 Å². The van der Waals surface area contributed by atoms with Crippen molar-refractivity contribution in [3.63, 3.8) is 0 Å². The van der Waals surface area contributed by atoms with Crippen molar-refractivity contribution in [2.45, 2.75) is 148 Å². The summed E-state index contributed by atoms with van der Waals surface area (Å²) in [7, 11) is 0. The molecule has 3 aliphatic carbocycles. The summed E-state index contributed by atoms with van der Waals surface area (Å²) in [5.41, 5.74) is -0.453. The third-order valence-corrected chi connectivity index (χ3v) is 16.6. The number of aliphatic hydroxyl groups excluding tert-OH is 1. The number of aliphatic hydroxyl groups is 2. The second-order valence-corrected chi connectivity index (χ2v) is 22.7. The van der Waals surface area contributed by atoms with Crippen molar-refractivity contribution < 1.29 is 81.7 Å². The number of ketones is 2. The third-order valence-electron chi connectivity index (χ3n) is 16.6. The molecule has 3 fully saturated rings. The molecule has 4 aromatic rings. The largest absolute Gasteiger partial charge is 0.509 e. The van der Waals surface area contributed by atoms with Crippen LogP contribution in [-0.4, -0.2) is 118 Å². The number of rotatable bonds is 18. The zero-order valence-corrected chi connectivity index (χ0v) is 46.6. The van der Waals surface area contributed by atoms with Crippen LogP contribution in [0.1, 0.15) is 118 Å². The van der Waals surface area contributed by atoms with Gasteiger partial charge in [-0.1, -0.05) is 119 Å². The lowest BCUT2D eigenvalue weighted by Crippen LogP contribution is -2.82. The summed E-state index contributed by atoms with van der Waals surface area (Å²) in [6.07, 6.45) is -11.9. The first-order valence-corrected chi connectivity index (χ1v) is 27.0. The highest BCUT2D eigenvalue weighted by Crippen LogP contribution is 2.64. The number of hydrogen-bond acceptors (Lipinski definition) is 18. The second-order valence-electron chi connectivity index (χ2n) is 22.7. The van der Waals surface area contributed by atoms with Gasteiger partial charge in [-0.05, 0) is 78.3 Å². The highest BCUT2D eigenvalue weighted by atomic mass is 16.7. The number of nitrogens with two attached hydrogens (primary N) is 1. The summed E-state index contributed by atoms with van der Waals surface area (Å²) >= 11 is 0. The second kappa shape index (κ2) is 23.9. The van der Waals surface area contributed by atoms with Gasteiger partial charge in [0.15, 0.2) is 23.3 Å². The molecule has 8 rings (SSSR count). The minimum absolute atomic E-state index is 0.0272. The van der Waals surface area contributed by atoms with Crippen molar-refractivity contribution in [2.75, 3.05) is 6.61 Å². The van der Waals surface area contributed by atoms with Gasteiger partial charge >= 0.3 is 30.0 Å². The van der Waals surface area contributed by atoms with E-state index in [2.05, 4.69) is 5.32 Å². The van der Waals surface area contributed by atoms with Gasteiger partial charge in [0.25, 0.3) is 5.91 Å². The van der Waals surface area contributed by atoms with E-state index < -0.39 is 125 Å². The van der Waals surface area contributed by atoms with Crippen LogP contribution in [0.5, 0.6) is 0 Å². The van der Waals surface area contributed by atoms with Gasteiger partial charge in [0, 0.05) is 44.1 Å². The molecule has 4 aliphatic rings. The number of esters is 4. The fraction of sp³-hybridized carbons (Fsp3) is 0.452. The Balaban J connectivity index is 1.22. The molecule has 2 bridgehead atoms. The third kappa shape index (κ3) is 11.8. The van der Waals surface area contributed by atoms with Gasteiger partial charge in [0.1, 0.15) is 36.6 Å². The smallest absolute Gasteiger partial charge is 0.455 e. The average Bonchev–Trinajstić information content (AvgIpc) is 3.33. The van der Waals surface area contributed by atoms with Gasteiger partial charge in [-0.2, -0.15) is 0 Å². The minimum atomic E-state index is -2.51. The maximum absolute atomic E-state index is 15.8. The number of fused-ring (bicyclic) bond motifs is 5. The van der Waals surface area contributed by atoms with Crippen molar-refractivity contribution in [2.24, 2.45) is 28.4 Å². The van der Waals surface area contributed by atoms with Crippen LogP contribution in [-0.2, 0) is 70.2 Å². The van der Waals surface area contributed by atoms with Crippen LogP contribution in [0, 0.1) is 22.7 Å². The molecule has 1 saturated heterocycles. The Morgan fingerprint density at radius 3 is 1.95 bits per heavy atom. The van der Waals surface area contributed by atoms with E-state index in [1.54, 1.807) is 91.0 Å². The van der Waals surface area contributed by atoms with Crippen molar-refractivity contribution in [3.8, 4) is 0 Å². The number of hydrogen-bond donors (Lipinski definition) is 4. The summed E-state index contributed by atoms with van der Waals surface area (Å²) < 4.78 is 42.5. The van der Waals surface area contributed by atoms with Gasteiger partial charge < -0.3 is 54.4 Å². The Hall–Kier alpha value is -7.58. The lowest BCUT2D eigenvalue weighted by atomic mass is 9.44. The Labute approximate surface area is 469 Å². The number of amides is 1. The van der Waals surface area contributed by atoms with Crippen LogP contribution in [0.4, 0.5) is 4.79 Å². The first kappa shape index (κ1) is 59.5. The van der Waals surface area contributed by atoms with E-state index in [0.717, 1.165) is 13.8 Å². The fourth-order valence-corrected chi connectivity index (χ4v) is 12.3. The molecule has 1 aliphatic heterocycles. The summed E-state index contributed by atoms with van der Waals surface area (Å²) in [5.74, 6) is -7.15. The predicted octanol–water partition coefficient (Wildman–Crippen LogP) is 6.58. The Kier molecular flexibility index (Phi) is 17.5. The Bertz CT molecular complexity index is 3060. The molecule has 1 unspecified atom stereocenters. The monoisotopic (exact) mass is 1110 g/mol. The molecule has 19 nitrogen and oxygen atoms in total. The number of carbonyl (C=O) groups excluding carboxylic acids is 8. The zero-order chi connectivity index (χ0) is 58.8. The highest BCUT2D eigenvalue weighted by molar-refractivity contribution is 5.96. The lowest BCUT2D eigenvalue weighted by Gasteiger charge is -2.67. The van der Waals surface area contributed by atoms with E-state index in [1.165, 1.54) is 52.0 Å². The molecule has 4 aromatic carbocycles. The van der Waals surface area contributed by atoms with E-state index in [1.807, 2.05) is 13.8 Å². The van der Waals surface area contributed by atoms with Gasteiger partial charge in [-0.15, -0.1) is 0 Å². The maximum atomic E-state index is 15.8. The molecule has 0 radical (unpaired) electrons. The van der Waals surface area contributed by atoms with E-state index in [0.29, 0.717) is 17.5 Å². The molecule has 81 heavy (non-hydrogen) atoms. The molecular formula is C62H70N2O17. The predicted molar refractivity (Wildman–Crippen MR) is 289 cm³/mol. The topological polar surface area (TPSA) is 280 Å². The Morgan fingerprint density at radius 2 is 1.38 bits per heavy atom. The van der Waals surface area contributed by atoms with Crippen LogP contribution in [0.3, 0.4) is 0 Å². The summed E-state index contributed by atoms with van der Waals surface area (Å²) in [6, 6.07) is 28.5. The molecular weight excluding hydrogens is 1040 g/mol. The van der Waals surface area contributed by atoms with Gasteiger partial charge in [0.2, 0.25) is 6.10 Å². The molecule has 2 saturated carbocycles. The highest BCUT2D eigenvalue weighted by Gasteiger charge is 2.78. The van der Waals surface area contributed by atoms with Gasteiger partial charge in [-0.25, -0.2) is 14.4 Å². The van der Waals surface area contributed by atoms with E-state index in [4.69, 9.17) is 38.9 Å². The normalized spacial score (nSPS) is 27.4. The Morgan fingerprint density at radius 1 is 0.790 bits per heavy atom. The SMILES string of the molecule is CC(=O)O[C@H]1C(=O)[C@@]2(C)C([C@H](OC(=O)c3ccccc3)[C@]3(O)C[C@H](OC(=O)[C@H](OC(=O)OCc4ccc(CC(=O)[C@@H](N)CC(C)C)cc4)[C@@H](NC(=O)c4ccccc4)c4ccccc4)C(C)=C1C3(C)C)[C@]1(OC(C)=O)CO[C@@H]1C[C@@H]2O. The lowest BCUT2D eigenvalue weighted by molar-refractivity contribution is -0.346. The number of nitrogens with one attached hydrogen (secondary N) is 1. The quantitative estimate of drug-likeness (QED) is 0.0465. The molecule has 0 spiro atoms. The summed E-state index contributed by atoms with van der Waals surface area (Å²) in [6.45, 7) is 11.4. The minimum Gasteiger partial charge on any atom is -0.455 e. The number of ether oxygens (including phenoxy) is 7. The number of Topliss-reactive ketones (excluding diaryl/α,β-unsaturated/α-hetero) is 2. The molecule has 0 aromatic heterocycles. The molecule has 19 heteroatoms. The molecule has 430 valence electrons. The fourth-order valence-electron chi connectivity index (χ4n) is 12.3. The van der Waals surface area contributed by atoms with Crippen LogP contribution in [0.25, 0.3) is 0 Å². The van der Waals surface area contributed by atoms with Gasteiger partial charge in [-0.3, -0.25) is 24.0 Å². The molecule has 12 atom stereocenters. The van der Waals surface area contributed by atoms with E-state index >= 15 is 9.59 Å². The summed E-state index contributed by atoms with van der Waals surface area (Å²) in [5, 5.41) is 29.1. The zero-order valence-electron chi connectivity index (χ0n) is 46.6. The number of benzene rings is 4. The first-order chi connectivity index (χ1) is 38.3. The van der Waals surface area contributed by atoms with Crippen molar-refractivity contribution in [1.82, 2.24) is 5.32 Å². The van der Waals surface area contributed by atoms with Crippen molar-refractivity contribution >= 4 is 47.5 Å². The first-order valence-electron chi connectivity index (χ1n) is 27.0. The number of carbonyl (C=O) groups is 8. The van der Waals surface area contributed by atoms with Crippen LogP contribution in [0.15, 0.2) is 126 Å². The maximum Gasteiger partial charge on any atom is 0.509 e. The average molecular weight is 1120 g/mol. The molecule has 1 heterocycles. The van der Waals surface area contributed by atoms with Gasteiger partial charge in [0.05, 0.1) is 35.6 Å². The van der Waals surface area contributed by atoms with E-state index in [-0.39, 0.29) is 65.6 Å². The summed E-state index contributed by atoms with van der Waals surface area (Å²) in [4.78, 5) is 113. The van der Waals surface area contributed by atoms with Crippen LogP contribution < -0.4 is 11.1 Å². The van der Waals surface area contributed by atoms with Crippen LogP contribution in [0.2, 0.25) is 0 Å². The van der Waals surface area contributed by atoms with Crippen molar-refractivity contribution in [3.05, 3.63) is 154 Å². The molecule has 5 N–H and O–H groups in total. The van der Waals surface area contributed by atoms with E-state index in [9.17, 15) is 39.0 Å². The van der Waals surface area contributed by atoms with Crippen LogP contribution >= 0.6 is 0 Å².